The summed E-state index contributed by atoms with van der Waals surface area (Å²) in [7, 11) is -3.68. The molecule has 0 aromatic heterocycles. The molecule has 0 aliphatic carbocycles. The number of allylic oxidation sites excluding steroid dienone is 1. The van der Waals surface area contributed by atoms with Crippen LogP contribution in [0.25, 0.3) is 0 Å². The summed E-state index contributed by atoms with van der Waals surface area (Å²) < 4.78 is 34.7. The van der Waals surface area contributed by atoms with Gasteiger partial charge in [0.25, 0.3) is 0 Å². The van der Waals surface area contributed by atoms with Crippen molar-refractivity contribution in [2.45, 2.75) is 117 Å². The molecule has 1 unspecified atom stereocenters. The first kappa shape index (κ1) is 27.4. The van der Waals surface area contributed by atoms with E-state index in [2.05, 4.69) is 6.92 Å². The average Bonchev–Trinajstić information content (AvgIpc) is 3.08. The summed E-state index contributed by atoms with van der Waals surface area (Å²) >= 11 is 0. The highest BCUT2D eigenvalue weighted by atomic mass is 31.2. The van der Waals surface area contributed by atoms with Crippen LogP contribution in [0.15, 0.2) is 11.3 Å². The van der Waals surface area contributed by atoms with Crippen molar-refractivity contribution >= 4 is 13.8 Å². The molecule has 0 N–H and O–H groups in total. The second-order valence-electron chi connectivity index (χ2n) is 9.15. The van der Waals surface area contributed by atoms with Crippen LogP contribution in [0.1, 0.15) is 117 Å². The highest BCUT2D eigenvalue weighted by Crippen LogP contribution is 2.55. The third-order valence-electron chi connectivity index (χ3n) is 6.22. The van der Waals surface area contributed by atoms with Gasteiger partial charge in [-0.3, -0.25) is 9.05 Å². The van der Waals surface area contributed by atoms with Gasteiger partial charge in [-0.15, -0.1) is 0 Å². The minimum absolute atomic E-state index is 0.129. The van der Waals surface area contributed by atoms with E-state index in [9.17, 15) is 9.36 Å². The zero-order valence-corrected chi connectivity index (χ0v) is 21.3. The predicted molar refractivity (Wildman–Crippen MR) is 127 cm³/mol. The maximum Gasteiger partial charge on any atom is 0.529 e. The standard InChI is InChI=1S/C25H45O6P/c1-3-5-6-7-8-9-10-11-12-13-14-15-16-17-19-29-32(27)30-21-22-20-28-25(26)24(22)23(31-32)18-4-2/h22H,3-21H2,1-2H3/t22-,32?/m1/s1. The van der Waals surface area contributed by atoms with Gasteiger partial charge >= 0.3 is 13.8 Å². The van der Waals surface area contributed by atoms with E-state index >= 15 is 0 Å². The number of carbonyl (C=O) groups excluding carboxylic acids is 1. The summed E-state index contributed by atoms with van der Waals surface area (Å²) in [6.07, 6.45) is 19.3. The molecule has 0 aromatic carbocycles. The topological polar surface area (TPSA) is 71.1 Å². The molecule has 32 heavy (non-hydrogen) atoms. The molecule has 0 aromatic rings. The Morgan fingerprint density at radius 1 is 0.812 bits per heavy atom. The smallest absolute Gasteiger partial charge is 0.461 e. The minimum Gasteiger partial charge on any atom is -0.461 e. The number of hydrogen-bond acceptors (Lipinski definition) is 6. The van der Waals surface area contributed by atoms with Gasteiger partial charge in [-0.25, -0.2) is 9.36 Å². The molecule has 7 heteroatoms. The van der Waals surface area contributed by atoms with E-state index in [0.717, 1.165) is 19.3 Å². The number of hydrogen-bond donors (Lipinski definition) is 0. The van der Waals surface area contributed by atoms with Crippen molar-refractivity contribution in [3.8, 4) is 0 Å². The quantitative estimate of drug-likeness (QED) is 0.115. The summed E-state index contributed by atoms with van der Waals surface area (Å²) in [4.78, 5) is 12.0. The molecule has 0 bridgehead atoms. The Hall–Kier alpha value is -0.840. The molecule has 0 saturated carbocycles. The molecule has 2 rings (SSSR count). The Morgan fingerprint density at radius 3 is 1.94 bits per heavy atom. The van der Waals surface area contributed by atoms with Crippen molar-refractivity contribution in [3.05, 3.63) is 11.3 Å². The number of unbranched alkanes of at least 4 members (excludes halogenated alkanes) is 13. The average molecular weight is 473 g/mol. The van der Waals surface area contributed by atoms with Crippen LogP contribution in [0, 0.1) is 5.92 Å². The Morgan fingerprint density at radius 2 is 1.38 bits per heavy atom. The van der Waals surface area contributed by atoms with Crippen LogP contribution in [0.3, 0.4) is 0 Å². The van der Waals surface area contributed by atoms with Gasteiger partial charge in [-0.05, 0) is 12.8 Å². The number of esters is 1. The van der Waals surface area contributed by atoms with Gasteiger partial charge in [0.15, 0.2) is 0 Å². The number of fused-ring (bicyclic) bond motifs is 1. The lowest BCUT2D eigenvalue weighted by Crippen LogP contribution is -2.10. The van der Waals surface area contributed by atoms with Crippen molar-refractivity contribution in [2.75, 3.05) is 19.8 Å². The molecule has 0 amide bonds. The van der Waals surface area contributed by atoms with Gasteiger partial charge in [-0.1, -0.05) is 97.3 Å². The summed E-state index contributed by atoms with van der Waals surface area (Å²) in [5, 5.41) is 0. The van der Waals surface area contributed by atoms with Crippen molar-refractivity contribution in [1.82, 2.24) is 0 Å². The van der Waals surface area contributed by atoms with Crippen LogP contribution >= 0.6 is 7.82 Å². The number of phosphoric ester groups is 1. The fourth-order valence-electron chi connectivity index (χ4n) is 4.31. The van der Waals surface area contributed by atoms with Gasteiger partial charge in [0.1, 0.15) is 12.4 Å². The second kappa shape index (κ2) is 15.9. The Bertz CT molecular complexity index is 618. The number of ether oxygens (including phenoxy) is 1. The number of rotatable bonds is 18. The summed E-state index contributed by atoms with van der Waals surface area (Å²) in [6.45, 7) is 4.98. The second-order valence-corrected chi connectivity index (χ2v) is 10.7. The highest BCUT2D eigenvalue weighted by molar-refractivity contribution is 7.48. The largest absolute Gasteiger partial charge is 0.529 e. The molecule has 2 aliphatic heterocycles. The molecule has 6 nitrogen and oxygen atoms in total. The lowest BCUT2D eigenvalue weighted by Gasteiger charge is -2.18. The lowest BCUT2D eigenvalue weighted by molar-refractivity contribution is -0.135. The number of carbonyl (C=O) groups is 1. The molecule has 2 heterocycles. The van der Waals surface area contributed by atoms with Crippen molar-refractivity contribution in [2.24, 2.45) is 5.92 Å². The first-order valence-corrected chi connectivity index (χ1v) is 14.5. The fourth-order valence-corrected chi connectivity index (χ4v) is 5.67. The van der Waals surface area contributed by atoms with Gasteiger partial charge in [0.05, 0.1) is 24.7 Å². The van der Waals surface area contributed by atoms with Crippen molar-refractivity contribution in [1.29, 1.82) is 0 Å². The molecule has 0 spiro atoms. The van der Waals surface area contributed by atoms with Gasteiger partial charge < -0.3 is 9.26 Å². The highest BCUT2D eigenvalue weighted by Gasteiger charge is 2.43. The maximum absolute atomic E-state index is 13.0. The van der Waals surface area contributed by atoms with E-state index < -0.39 is 7.82 Å². The first-order chi connectivity index (χ1) is 15.6. The zero-order chi connectivity index (χ0) is 23.1. The van der Waals surface area contributed by atoms with E-state index in [1.54, 1.807) is 0 Å². The number of phosphoric acid groups is 1. The Labute approximate surface area is 195 Å². The molecule has 0 radical (unpaired) electrons. The summed E-state index contributed by atoms with van der Waals surface area (Å²) in [6, 6.07) is 0. The maximum atomic E-state index is 13.0. The van der Waals surface area contributed by atoms with E-state index in [1.807, 2.05) is 6.92 Å². The van der Waals surface area contributed by atoms with Crippen LogP contribution in [0.4, 0.5) is 0 Å². The lowest BCUT2D eigenvalue weighted by atomic mass is 10.0. The van der Waals surface area contributed by atoms with Crippen LogP contribution in [0.5, 0.6) is 0 Å². The van der Waals surface area contributed by atoms with Crippen molar-refractivity contribution in [3.63, 3.8) is 0 Å². The van der Waals surface area contributed by atoms with E-state index in [-0.39, 0.29) is 25.1 Å². The van der Waals surface area contributed by atoms with Gasteiger partial charge in [0, 0.05) is 6.42 Å². The van der Waals surface area contributed by atoms with Crippen LogP contribution < -0.4 is 0 Å². The molecule has 186 valence electrons. The molecular weight excluding hydrogens is 427 g/mol. The van der Waals surface area contributed by atoms with Gasteiger partial charge in [-0.2, -0.15) is 0 Å². The van der Waals surface area contributed by atoms with Crippen LogP contribution in [-0.2, 0) is 27.7 Å². The minimum atomic E-state index is -3.68. The Balaban J connectivity index is 1.52. The normalized spacial score (nSPS) is 23.1. The Kier molecular flexibility index (Phi) is 13.6. The molecule has 2 aliphatic rings. The molecule has 1 saturated heterocycles. The molecule has 1 fully saturated rings. The zero-order valence-electron chi connectivity index (χ0n) is 20.4. The fraction of sp³-hybridized carbons (Fsp3) is 0.880. The van der Waals surface area contributed by atoms with E-state index in [4.69, 9.17) is 18.3 Å². The third kappa shape index (κ3) is 9.97. The first-order valence-electron chi connectivity index (χ1n) is 13.1. The molecular formula is C25H45O6P. The monoisotopic (exact) mass is 472 g/mol. The van der Waals surface area contributed by atoms with Crippen LogP contribution in [-0.4, -0.2) is 25.8 Å². The predicted octanol–water partition coefficient (Wildman–Crippen LogP) is 7.87. The number of cyclic esters (lactones) is 1. The third-order valence-corrected chi connectivity index (χ3v) is 7.63. The van der Waals surface area contributed by atoms with Gasteiger partial charge in [0.2, 0.25) is 0 Å². The van der Waals surface area contributed by atoms with E-state index in [1.165, 1.54) is 77.0 Å². The summed E-state index contributed by atoms with van der Waals surface area (Å²) in [5.74, 6) is -0.186. The van der Waals surface area contributed by atoms with Crippen molar-refractivity contribution < 1.29 is 27.7 Å². The van der Waals surface area contributed by atoms with E-state index in [0.29, 0.717) is 24.4 Å². The van der Waals surface area contributed by atoms with Crippen LogP contribution in [0.2, 0.25) is 0 Å². The SMILES string of the molecule is CCCCCCCCCCCCCCCCOP1(=O)OC[C@H]2COC(=O)C2=C(CCC)O1. The summed E-state index contributed by atoms with van der Waals surface area (Å²) in [5.41, 5.74) is 0.477. The molecule has 2 atom stereocenters.